The summed E-state index contributed by atoms with van der Waals surface area (Å²) in [5, 5.41) is 2.84. The van der Waals surface area contributed by atoms with Crippen molar-refractivity contribution < 1.29 is 9.53 Å². The number of carbonyl (C=O) groups excluding carboxylic acids is 1. The van der Waals surface area contributed by atoms with Crippen molar-refractivity contribution in [1.29, 1.82) is 0 Å². The largest absolute Gasteiger partial charge is 0.399 e. The van der Waals surface area contributed by atoms with Crippen molar-refractivity contribution in [2.45, 2.75) is 38.2 Å². The number of nitrogen functional groups attached to an aromatic ring is 1. The number of ether oxygens (including phenoxy) is 1. The van der Waals surface area contributed by atoms with Gasteiger partial charge in [0.2, 0.25) is 5.91 Å². The zero-order chi connectivity index (χ0) is 12.8. The van der Waals surface area contributed by atoms with E-state index in [-0.39, 0.29) is 5.91 Å². The van der Waals surface area contributed by atoms with Crippen molar-refractivity contribution in [2.75, 3.05) is 17.7 Å². The van der Waals surface area contributed by atoms with E-state index in [1.54, 1.807) is 24.3 Å². The third-order valence-electron chi connectivity index (χ3n) is 3.15. The highest BCUT2D eigenvalue weighted by molar-refractivity contribution is 5.90. The highest BCUT2D eigenvalue weighted by atomic mass is 16.5. The first kappa shape index (κ1) is 12.9. The molecule has 98 valence electrons. The standard InChI is InChI=1S/C14H20N2O2/c15-11-6-8-12(9-7-11)16-14(17)5-2-10-18-13-3-1-4-13/h6-9,13H,1-5,10,15H2,(H,16,17). The highest BCUT2D eigenvalue weighted by Crippen LogP contribution is 2.22. The van der Waals surface area contributed by atoms with E-state index in [0.29, 0.717) is 24.8 Å². The Kier molecular flexibility index (Phi) is 4.59. The second-order valence-corrected chi connectivity index (χ2v) is 4.70. The van der Waals surface area contributed by atoms with Gasteiger partial charge in [-0.05, 0) is 49.9 Å². The molecule has 2 rings (SSSR count). The minimum atomic E-state index is 0.0250. The van der Waals surface area contributed by atoms with Crippen LogP contribution in [0, 0.1) is 0 Å². The summed E-state index contributed by atoms with van der Waals surface area (Å²) in [4.78, 5) is 11.6. The Labute approximate surface area is 108 Å². The van der Waals surface area contributed by atoms with Crippen LogP contribution in [-0.2, 0) is 9.53 Å². The van der Waals surface area contributed by atoms with E-state index in [4.69, 9.17) is 10.5 Å². The number of nitrogens with two attached hydrogens (primary N) is 1. The van der Waals surface area contributed by atoms with Crippen LogP contribution in [0.25, 0.3) is 0 Å². The maximum Gasteiger partial charge on any atom is 0.224 e. The maximum atomic E-state index is 11.6. The smallest absolute Gasteiger partial charge is 0.224 e. The van der Waals surface area contributed by atoms with E-state index in [9.17, 15) is 4.79 Å². The van der Waals surface area contributed by atoms with Crippen molar-refractivity contribution in [3.63, 3.8) is 0 Å². The van der Waals surface area contributed by atoms with Gasteiger partial charge in [-0.1, -0.05) is 0 Å². The summed E-state index contributed by atoms with van der Waals surface area (Å²) in [6.45, 7) is 0.680. The minimum absolute atomic E-state index is 0.0250. The van der Waals surface area contributed by atoms with Gasteiger partial charge >= 0.3 is 0 Å². The van der Waals surface area contributed by atoms with Crippen LogP contribution in [0.3, 0.4) is 0 Å². The lowest BCUT2D eigenvalue weighted by atomic mass is 9.96. The molecule has 1 aromatic rings. The molecule has 1 aliphatic rings. The SMILES string of the molecule is Nc1ccc(NC(=O)CCCOC2CCC2)cc1. The first-order valence-electron chi connectivity index (χ1n) is 6.51. The lowest BCUT2D eigenvalue weighted by Gasteiger charge is -2.25. The Balaban J connectivity index is 1.60. The van der Waals surface area contributed by atoms with Gasteiger partial charge in [0.15, 0.2) is 0 Å². The fourth-order valence-electron chi connectivity index (χ4n) is 1.81. The number of rotatable bonds is 6. The Morgan fingerprint density at radius 1 is 1.33 bits per heavy atom. The predicted molar refractivity (Wildman–Crippen MR) is 72.3 cm³/mol. The van der Waals surface area contributed by atoms with Gasteiger partial charge in [0, 0.05) is 24.4 Å². The normalized spacial score (nSPS) is 15.1. The van der Waals surface area contributed by atoms with Crippen LogP contribution in [0.1, 0.15) is 32.1 Å². The Bertz CT molecular complexity index is 385. The molecule has 1 fully saturated rings. The van der Waals surface area contributed by atoms with Gasteiger partial charge in [-0.25, -0.2) is 0 Å². The Morgan fingerprint density at radius 2 is 2.06 bits per heavy atom. The molecular weight excluding hydrogens is 228 g/mol. The van der Waals surface area contributed by atoms with Crippen molar-refractivity contribution >= 4 is 17.3 Å². The van der Waals surface area contributed by atoms with E-state index < -0.39 is 0 Å². The van der Waals surface area contributed by atoms with Crippen LogP contribution in [0.2, 0.25) is 0 Å². The summed E-state index contributed by atoms with van der Waals surface area (Å²) >= 11 is 0. The molecule has 0 spiro atoms. The number of carbonyl (C=O) groups is 1. The molecule has 0 aliphatic heterocycles. The molecule has 0 saturated heterocycles. The first-order chi connectivity index (χ1) is 8.74. The van der Waals surface area contributed by atoms with Crippen LogP contribution in [0.5, 0.6) is 0 Å². The quantitative estimate of drug-likeness (QED) is 0.600. The second kappa shape index (κ2) is 6.40. The molecule has 0 unspecified atom stereocenters. The summed E-state index contributed by atoms with van der Waals surface area (Å²) in [5.41, 5.74) is 7.06. The van der Waals surface area contributed by atoms with E-state index in [1.165, 1.54) is 19.3 Å². The average Bonchev–Trinajstić information content (AvgIpc) is 2.29. The monoisotopic (exact) mass is 248 g/mol. The second-order valence-electron chi connectivity index (χ2n) is 4.70. The Hall–Kier alpha value is -1.55. The van der Waals surface area contributed by atoms with Crippen molar-refractivity contribution in [2.24, 2.45) is 0 Å². The fourth-order valence-corrected chi connectivity index (χ4v) is 1.81. The molecule has 4 nitrogen and oxygen atoms in total. The number of benzene rings is 1. The molecule has 1 amide bonds. The number of nitrogens with one attached hydrogen (secondary N) is 1. The third kappa shape index (κ3) is 4.04. The van der Waals surface area contributed by atoms with Gasteiger partial charge in [-0.2, -0.15) is 0 Å². The van der Waals surface area contributed by atoms with Crippen LogP contribution < -0.4 is 11.1 Å². The van der Waals surface area contributed by atoms with Crippen molar-refractivity contribution in [3.8, 4) is 0 Å². The molecule has 0 bridgehead atoms. The molecule has 0 aromatic heterocycles. The van der Waals surface area contributed by atoms with Gasteiger partial charge in [0.05, 0.1) is 6.10 Å². The summed E-state index contributed by atoms with van der Waals surface area (Å²) < 4.78 is 5.60. The zero-order valence-corrected chi connectivity index (χ0v) is 10.5. The Morgan fingerprint density at radius 3 is 2.67 bits per heavy atom. The first-order valence-corrected chi connectivity index (χ1v) is 6.51. The molecule has 0 radical (unpaired) electrons. The van der Waals surface area contributed by atoms with Gasteiger partial charge in [0.25, 0.3) is 0 Å². The summed E-state index contributed by atoms with van der Waals surface area (Å²) in [6.07, 6.45) is 5.36. The summed E-state index contributed by atoms with van der Waals surface area (Å²) in [5.74, 6) is 0.0250. The number of anilines is 2. The lowest BCUT2D eigenvalue weighted by molar-refractivity contribution is -0.116. The zero-order valence-electron chi connectivity index (χ0n) is 10.5. The van der Waals surface area contributed by atoms with Gasteiger partial charge in [-0.3, -0.25) is 4.79 Å². The van der Waals surface area contributed by atoms with Gasteiger partial charge < -0.3 is 15.8 Å². The summed E-state index contributed by atoms with van der Waals surface area (Å²) in [6, 6.07) is 7.15. The number of hydrogen-bond acceptors (Lipinski definition) is 3. The molecule has 1 aliphatic carbocycles. The average molecular weight is 248 g/mol. The van der Waals surface area contributed by atoms with Crippen LogP contribution in [-0.4, -0.2) is 18.6 Å². The third-order valence-corrected chi connectivity index (χ3v) is 3.15. The lowest BCUT2D eigenvalue weighted by Crippen LogP contribution is -2.22. The van der Waals surface area contributed by atoms with Crippen LogP contribution in [0.4, 0.5) is 11.4 Å². The van der Waals surface area contributed by atoms with Crippen molar-refractivity contribution in [3.05, 3.63) is 24.3 Å². The minimum Gasteiger partial charge on any atom is -0.399 e. The molecule has 0 heterocycles. The van der Waals surface area contributed by atoms with E-state index in [1.807, 2.05) is 0 Å². The van der Waals surface area contributed by atoms with E-state index in [0.717, 1.165) is 12.1 Å². The highest BCUT2D eigenvalue weighted by Gasteiger charge is 2.17. The molecule has 1 aromatic carbocycles. The van der Waals surface area contributed by atoms with Crippen molar-refractivity contribution in [1.82, 2.24) is 0 Å². The fraction of sp³-hybridized carbons (Fsp3) is 0.500. The van der Waals surface area contributed by atoms with E-state index in [2.05, 4.69) is 5.32 Å². The topological polar surface area (TPSA) is 64.3 Å². The van der Waals surface area contributed by atoms with E-state index >= 15 is 0 Å². The summed E-state index contributed by atoms with van der Waals surface area (Å²) in [7, 11) is 0. The molecule has 0 atom stereocenters. The van der Waals surface area contributed by atoms with Gasteiger partial charge in [-0.15, -0.1) is 0 Å². The molecule has 18 heavy (non-hydrogen) atoms. The molecule has 1 saturated carbocycles. The number of amides is 1. The number of hydrogen-bond donors (Lipinski definition) is 2. The van der Waals surface area contributed by atoms with Crippen LogP contribution in [0.15, 0.2) is 24.3 Å². The maximum absolute atomic E-state index is 11.6. The molecular formula is C14H20N2O2. The van der Waals surface area contributed by atoms with Gasteiger partial charge in [0.1, 0.15) is 0 Å². The van der Waals surface area contributed by atoms with Crippen LogP contribution >= 0.6 is 0 Å². The molecule has 4 heteroatoms. The predicted octanol–water partition coefficient (Wildman–Crippen LogP) is 2.56. The molecule has 3 N–H and O–H groups in total.